The van der Waals surface area contributed by atoms with Crippen LogP contribution in [0, 0.1) is 23.4 Å². The molecule has 0 amide bonds. The van der Waals surface area contributed by atoms with E-state index in [1.807, 2.05) is 0 Å². The first-order chi connectivity index (χ1) is 6.59. The highest BCUT2D eigenvalue weighted by Crippen LogP contribution is 2.40. The molecule has 84 valence electrons. The maximum Gasteiger partial charge on any atom is 0.161 e. The second kappa shape index (κ2) is 4.41. The van der Waals surface area contributed by atoms with Gasteiger partial charge in [0.05, 0.1) is 0 Å². The van der Waals surface area contributed by atoms with Gasteiger partial charge in [0.1, 0.15) is 5.82 Å². The molecular formula is C10H11ClF3N. The van der Waals surface area contributed by atoms with Crippen LogP contribution in [0.2, 0.25) is 0 Å². The lowest BCUT2D eigenvalue weighted by Gasteiger charge is -2.11. The van der Waals surface area contributed by atoms with Crippen molar-refractivity contribution in [3.63, 3.8) is 0 Å². The van der Waals surface area contributed by atoms with Gasteiger partial charge in [0.2, 0.25) is 0 Å². The van der Waals surface area contributed by atoms with E-state index in [4.69, 9.17) is 5.73 Å². The lowest BCUT2D eigenvalue weighted by atomic mass is 10.0. The molecule has 2 N–H and O–H groups in total. The second-order valence-electron chi connectivity index (χ2n) is 3.65. The molecule has 1 nitrogen and oxygen atoms in total. The SMILES string of the molecule is Cl.N[C@@H](c1cc(F)c(F)cc1F)C1CC1. The quantitative estimate of drug-likeness (QED) is 0.787. The van der Waals surface area contributed by atoms with Gasteiger partial charge in [-0.1, -0.05) is 0 Å². The van der Waals surface area contributed by atoms with Crippen molar-refractivity contribution in [2.75, 3.05) is 0 Å². The molecule has 1 saturated carbocycles. The van der Waals surface area contributed by atoms with Crippen molar-refractivity contribution in [3.8, 4) is 0 Å². The molecule has 1 aliphatic carbocycles. The van der Waals surface area contributed by atoms with Crippen LogP contribution >= 0.6 is 12.4 Å². The molecule has 1 atom stereocenters. The van der Waals surface area contributed by atoms with Gasteiger partial charge >= 0.3 is 0 Å². The summed E-state index contributed by atoms with van der Waals surface area (Å²) in [7, 11) is 0. The van der Waals surface area contributed by atoms with Gasteiger partial charge in [-0.3, -0.25) is 0 Å². The smallest absolute Gasteiger partial charge is 0.161 e. The van der Waals surface area contributed by atoms with Crippen molar-refractivity contribution >= 4 is 12.4 Å². The standard InChI is InChI=1S/C10H10F3N.ClH/c11-7-4-9(13)8(12)3-6(7)10(14)5-1-2-5;/h3-5,10H,1-2,14H2;1H/t10-;/m1./s1. The predicted molar refractivity (Wildman–Crippen MR) is 53.2 cm³/mol. The van der Waals surface area contributed by atoms with Crippen LogP contribution in [0.4, 0.5) is 13.2 Å². The van der Waals surface area contributed by atoms with E-state index in [2.05, 4.69) is 0 Å². The molecule has 0 bridgehead atoms. The molecule has 0 heterocycles. The third-order valence-electron chi connectivity index (χ3n) is 2.53. The summed E-state index contributed by atoms with van der Waals surface area (Å²) in [5, 5.41) is 0. The number of hydrogen-bond donors (Lipinski definition) is 1. The van der Waals surface area contributed by atoms with Crippen LogP contribution in [0.5, 0.6) is 0 Å². The second-order valence-corrected chi connectivity index (χ2v) is 3.65. The fourth-order valence-corrected chi connectivity index (χ4v) is 1.50. The van der Waals surface area contributed by atoms with Crippen molar-refractivity contribution in [3.05, 3.63) is 35.1 Å². The first kappa shape index (κ1) is 12.3. The summed E-state index contributed by atoms with van der Waals surface area (Å²) in [5.41, 5.74) is 5.77. The summed E-state index contributed by atoms with van der Waals surface area (Å²) in [4.78, 5) is 0. The molecule has 0 unspecified atom stereocenters. The summed E-state index contributed by atoms with van der Waals surface area (Å²) in [6, 6.07) is 0.894. The Balaban J connectivity index is 0.00000112. The highest BCUT2D eigenvalue weighted by atomic mass is 35.5. The summed E-state index contributed by atoms with van der Waals surface area (Å²) in [6.07, 6.45) is 1.86. The van der Waals surface area contributed by atoms with Crippen molar-refractivity contribution in [2.24, 2.45) is 11.7 Å². The number of nitrogens with two attached hydrogens (primary N) is 1. The maximum absolute atomic E-state index is 13.2. The van der Waals surface area contributed by atoms with Crippen molar-refractivity contribution in [2.45, 2.75) is 18.9 Å². The van der Waals surface area contributed by atoms with Crippen LogP contribution in [0.3, 0.4) is 0 Å². The molecule has 0 radical (unpaired) electrons. The number of halogens is 4. The van der Waals surface area contributed by atoms with Gasteiger partial charge in [0.15, 0.2) is 11.6 Å². The van der Waals surface area contributed by atoms with Crippen LogP contribution in [-0.2, 0) is 0 Å². The minimum atomic E-state index is -1.17. The van der Waals surface area contributed by atoms with Gasteiger partial charge in [-0.05, 0) is 24.8 Å². The summed E-state index contributed by atoms with van der Waals surface area (Å²) in [6.45, 7) is 0. The van der Waals surface area contributed by atoms with Crippen LogP contribution in [0.15, 0.2) is 12.1 Å². The normalized spacial score (nSPS) is 17.1. The Hall–Kier alpha value is -0.740. The van der Waals surface area contributed by atoms with E-state index in [0.29, 0.717) is 6.07 Å². The fraction of sp³-hybridized carbons (Fsp3) is 0.400. The van der Waals surface area contributed by atoms with Crippen LogP contribution < -0.4 is 5.73 Å². The minimum Gasteiger partial charge on any atom is -0.324 e. The van der Waals surface area contributed by atoms with E-state index >= 15 is 0 Å². The Bertz CT molecular complexity index is 366. The molecule has 0 spiro atoms. The lowest BCUT2D eigenvalue weighted by Crippen LogP contribution is -2.15. The van der Waals surface area contributed by atoms with Gasteiger partial charge in [-0.15, -0.1) is 12.4 Å². The van der Waals surface area contributed by atoms with Crippen molar-refractivity contribution in [1.82, 2.24) is 0 Å². The first-order valence-electron chi connectivity index (χ1n) is 4.49. The molecule has 1 aromatic carbocycles. The van der Waals surface area contributed by atoms with Crippen LogP contribution in [-0.4, -0.2) is 0 Å². The molecule has 1 aliphatic rings. The van der Waals surface area contributed by atoms with E-state index in [-0.39, 0.29) is 23.9 Å². The molecule has 2 rings (SSSR count). The highest BCUT2D eigenvalue weighted by molar-refractivity contribution is 5.85. The van der Waals surface area contributed by atoms with E-state index in [1.54, 1.807) is 0 Å². The summed E-state index contributed by atoms with van der Waals surface area (Å²) >= 11 is 0. The van der Waals surface area contributed by atoms with Gasteiger partial charge < -0.3 is 5.73 Å². The number of hydrogen-bond acceptors (Lipinski definition) is 1. The third kappa shape index (κ3) is 2.44. The third-order valence-corrected chi connectivity index (χ3v) is 2.53. The maximum atomic E-state index is 13.2. The zero-order valence-corrected chi connectivity index (χ0v) is 8.66. The Kier molecular flexibility index (Phi) is 3.62. The van der Waals surface area contributed by atoms with E-state index in [9.17, 15) is 13.2 Å². The topological polar surface area (TPSA) is 26.0 Å². The minimum absolute atomic E-state index is 0. The molecule has 0 aliphatic heterocycles. The van der Waals surface area contributed by atoms with Crippen LogP contribution in [0.1, 0.15) is 24.4 Å². The molecule has 0 saturated heterocycles. The average molecular weight is 238 g/mol. The van der Waals surface area contributed by atoms with E-state index < -0.39 is 23.5 Å². The van der Waals surface area contributed by atoms with Crippen molar-refractivity contribution in [1.29, 1.82) is 0 Å². The fourth-order valence-electron chi connectivity index (χ4n) is 1.50. The van der Waals surface area contributed by atoms with Gasteiger partial charge in [-0.2, -0.15) is 0 Å². The Morgan fingerprint density at radius 1 is 1.07 bits per heavy atom. The van der Waals surface area contributed by atoms with E-state index in [1.165, 1.54) is 0 Å². The molecular weight excluding hydrogens is 227 g/mol. The van der Waals surface area contributed by atoms with Gasteiger partial charge in [0, 0.05) is 17.7 Å². The Morgan fingerprint density at radius 2 is 1.60 bits per heavy atom. The monoisotopic (exact) mass is 237 g/mol. The molecule has 15 heavy (non-hydrogen) atoms. The lowest BCUT2D eigenvalue weighted by molar-refractivity contribution is 0.479. The van der Waals surface area contributed by atoms with E-state index in [0.717, 1.165) is 18.9 Å². The Morgan fingerprint density at radius 3 is 2.13 bits per heavy atom. The Labute approximate surface area is 91.9 Å². The molecule has 1 aromatic rings. The molecule has 0 aromatic heterocycles. The summed E-state index contributed by atoms with van der Waals surface area (Å²) < 4.78 is 38.6. The number of benzene rings is 1. The number of rotatable bonds is 2. The highest BCUT2D eigenvalue weighted by Gasteiger charge is 2.31. The molecule has 5 heteroatoms. The van der Waals surface area contributed by atoms with Crippen LogP contribution in [0.25, 0.3) is 0 Å². The predicted octanol–water partition coefficient (Wildman–Crippen LogP) is 2.94. The average Bonchev–Trinajstić information content (AvgIpc) is 2.93. The van der Waals surface area contributed by atoms with Gasteiger partial charge in [0.25, 0.3) is 0 Å². The van der Waals surface area contributed by atoms with Crippen molar-refractivity contribution < 1.29 is 13.2 Å². The zero-order valence-electron chi connectivity index (χ0n) is 7.84. The zero-order chi connectivity index (χ0) is 10.3. The largest absolute Gasteiger partial charge is 0.324 e. The molecule has 1 fully saturated rings. The first-order valence-corrected chi connectivity index (χ1v) is 4.49. The summed E-state index contributed by atoms with van der Waals surface area (Å²) in [5.74, 6) is -2.76. The van der Waals surface area contributed by atoms with Gasteiger partial charge in [-0.25, -0.2) is 13.2 Å².